The van der Waals surface area contributed by atoms with Crippen molar-refractivity contribution < 1.29 is 41.8 Å². The predicted molar refractivity (Wildman–Crippen MR) is 223 cm³/mol. The Labute approximate surface area is 345 Å². The molecule has 314 valence electrons. The van der Waals surface area contributed by atoms with Crippen molar-refractivity contribution in [2.24, 2.45) is 17.3 Å². The summed E-state index contributed by atoms with van der Waals surface area (Å²) in [6.45, 7) is 11.3. The number of carbonyl (C=O) groups excluding carboxylic acids is 4. The molecule has 1 aromatic heterocycles. The number of allylic oxidation sites excluding steroid dienone is 1. The topological polar surface area (TPSA) is 182 Å². The first-order valence-corrected chi connectivity index (χ1v) is 21.7. The van der Waals surface area contributed by atoms with E-state index in [0.29, 0.717) is 47.4 Å². The van der Waals surface area contributed by atoms with Crippen LogP contribution >= 0.6 is 0 Å². The lowest BCUT2D eigenvalue weighted by molar-refractivity contribution is -0.142. The molecule has 3 N–H and O–H groups in total. The molecule has 2 aromatic carbocycles. The number of benzene rings is 2. The molecule has 1 unspecified atom stereocenters. The van der Waals surface area contributed by atoms with E-state index in [1.165, 1.54) is 11.0 Å². The number of rotatable bonds is 8. The first kappa shape index (κ1) is 41.7. The van der Waals surface area contributed by atoms with Gasteiger partial charge in [0.25, 0.3) is 5.91 Å². The number of pyridine rings is 1. The van der Waals surface area contributed by atoms with Gasteiger partial charge in [-0.2, -0.15) is 0 Å². The molecule has 1 saturated heterocycles. The molecule has 14 nitrogen and oxygen atoms in total. The van der Waals surface area contributed by atoms with Crippen molar-refractivity contribution in [1.82, 2.24) is 25.2 Å². The van der Waals surface area contributed by atoms with Crippen molar-refractivity contribution in [3.8, 4) is 22.8 Å². The Hall–Kier alpha value is -5.44. The summed E-state index contributed by atoms with van der Waals surface area (Å²) in [6.07, 6.45) is 6.51. The van der Waals surface area contributed by atoms with E-state index in [-0.39, 0.29) is 31.9 Å². The van der Waals surface area contributed by atoms with Crippen LogP contribution in [0.2, 0.25) is 0 Å². The van der Waals surface area contributed by atoms with Gasteiger partial charge in [-0.3, -0.25) is 19.1 Å². The number of nitrogens with zero attached hydrogens (tertiary/aromatic N) is 2. The molecule has 0 radical (unpaired) electrons. The lowest BCUT2D eigenvalue weighted by atomic mass is 9.85. The molecule has 59 heavy (non-hydrogen) atoms. The van der Waals surface area contributed by atoms with E-state index in [2.05, 4.69) is 21.9 Å². The molecule has 4 amide bonds. The minimum atomic E-state index is -3.92. The number of aromatic nitrogens is 1. The van der Waals surface area contributed by atoms with Crippen LogP contribution in [0, 0.1) is 17.3 Å². The van der Waals surface area contributed by atoms with Crippen LogP contribution in [0.1, 0.15) is 71.8 Å². The third kappa shape index (κ3) is 8.94. The number of ether oxygens (including phenoxy) is 3. The lowest BCUT2D eigenvalue weighted by Gasteiger charge is -2.35. The number of alkyl carbamates (subject to hydrolysis) is 1. The van der Waals surface area contributed by atoms with Crippen LogP contribution in [0.15, 0.2) is 67.3 Å². The molecule has 2 saturated carbocycles. The highest BCUT2D eigenvalue weighted by molar-refractivity contribution is 7.91. The molecule has 4 aliphatic rings. The van der Waals surface area contributed by atoms with Gasteiger partial charge in [0.1, 0.15) is 35.2 Å². The number of nitrogens with one attached hydrogen (secondary N) is 3. The second-order valence-electron chi connectivity index (χ2n) is 17.3. The molecule has 3 heterocycles. The Kier molecular flexibility index (Phi) is 11.5. The first-order chi connectivity index (χ1) is 28.0. The Morgan fingerprint density at radius 3 is 2.51 bits per heavy atom. The standard InChI is InChI=1S/C44H53N5O9S/c1-7-29-23-44(29,41(52)48-59(54,55)31-17-18-31)47-39(50)35-20-30-24-49(35)40(51)38(43(3,4)5)46-42(53)57-25-26(2)13-11-12-16-28-19-32-34(22-36(28)56-6)45-33(21-37(32)58-30)27-14-9-8-10-15-27/h7-10,12,14-16,19,21-22,26,29-31,35,38H,1,11,13,17-18,20,23-25H2,2-6H3,(H,46,53)(H,47,50)(H,48,52)/b16-12+/t26?,29-,30-,35+,38-,44-/m1/s1. The SMILES string of the molecule is C=C[C@@H]1C[C@]1(NC(=O)[C@@H]1C[C@@H]2CN1C(=O)[C@H](C(C)(C)C)NC(=O)OCC(C)CC/C=C/c1cc3c(cc(-c4ccccc4)nc3cc1OC)O2)C(=O)NS(=O)(=O)C1CC1. The van der Waals surface area contributed by atoms with Gasteiger partial charge in [0.2, 0.25) is 21.8 Å². The van der Waals surface area contributed by atoms with E-state index < -0.39 is 74.1 Å². The molecule has 4 bridgehead atoms. The van der Waals surface area contributed by atoms with Gasteiger partial charge in [-0.15, -0.1) is 6.58 Å². The van der Waals surface area contributed by atoms with Crippen molar-refractivity contribution in [3.63, 3.8) is 0 Å². The zero-order valence-corrected chi connectivity index (χ0v) is 35.0. The van der Waals surface area contributed by atoms with E-state index >= 15 is 0 Å². The number of methoxy groups -OCH3 is 1. The molecule has 15 heteroatoms. The molecule has 6 atom stereocenters. The van der Waals surface area contributed by atoms with Gasteiger partial charge >= 0.3 is 6.09 Å². The fraction of sp³-hybridized carbons (Fsp3) is 0.477. The van der Waals surface area contributed by atoms with Crippen LogP contribution in [-0.2, 0) is 29.1 Å². The van der Waals surface area contributed by atoms with Crippen molar-refractivity contribution in [2.75, 3.05) is 20.3 Å². The largest absolute Gasteiger partial charge is 0.496 e. The minimum absolute atomic E-state index is 0.00777. The van der Waals surface area contributed by atoms with Crippen molar-refractivity contribution in [3.05, 3.63) is 72.8 Å². The van der Waals surface area contributed by atoms with Gasteiger partial charge in [-0.25, -0.2) is 18.2 Å². The maximum atomic E-state index is 14.8. The van der Waals surface area contributed by atoms with E-state index in [1.54, 1.807) is 27.9 Å². The highest BCUT2D eigenvalue weighted by Crippen LogP contribution is 2.46. The zero-order chi connectivity index (χ0) is 42.3. The highest BCUT2D eigenvalue weighted by Gasteiger charge is 2.62. The summed E-state index contributed by atoms with van der Waals surface area (Å²) < 4.78 is 46.1. The third-order valence-electron chi connectivity index (χ3n) is 11.6. The van der Waals surface area contributed by atoms with Gasteiger partial charge < -0.3 is 29.7 Å². The van der Waals surface area contributed by atoms with Crippen LogP contribution in [0.3, 0.4) is 0 Å². The molecule has 3 aromatic rings. The Balaban J connectivity index is 1.29. The summed E-state index contributed by atoms with van der Waals surface area (Å²) in [7, 11) is -2.32. The fourth-order valence-corrected chi connectivity index (χ4v) is 9.20. The molecule has 2 aliphatic heterocycles. The van der Waals surface area contributed by atoms with Crippen LogP contribution in [0.25, 0.3) is 28.2 Å². The third-order valence-corrected chi connectivity index (χ3v) is 13.4. The second kappa shape index (κ2) is 16.3. The number of fused-ring (bicyclic) bond motifs is 3. The van der Waals surface area contributed by atoms with Crippen molar-refractivity contribution >= 4 is 50.8 Å². The van der Waals surface area contributed by atoms with E-state index in [0.717, 1.165) is 17.5 Å². The second-order valence-corrected chi connectivity index (χ2v) is 19.2. The van der Waals surface area contributed by atoms with Gasteiger partial charge in [0, 0.05) is 41.0 Å². The molecular formula is C44H53N5O9S. The normalized spacial score (nSPS) is 26.9. The fourth-order valence-electron chi connectivity index (χ4n) is 7.84. The number of sulfonamides is 1. The van der Waals surface area contributed by atoms with Crippen molar-refractivity contribution in [2.45, 2.75) is 95.2 Å². The summed E-state index contributed by atoms with van der Waals surface area (Å²) in [6, 6.07) is 13.0. The Morgan fingerprint density at radius 1 is 1.10 bits per heavy atom. The van der Waals surface area contributed by atoms with E-state index in [9.17, 15) is 27.6 Å². The molecule has 7 rings (SSSR count). The minimum Gasteiger partial charge on any atom is -0.496 e. The van der Waals surface area contributed by atoms with Crippen molar-refractivity contribution in [1.29, 1.82) is 0 Å². The van der Waals surface area contributed by atoms with Crippen LogP contribution in [0.4, 0.5) is 4.79 Å². The average molecular weight is 828 g/mol. The van der Waals surface area contributed by atoms with Gasteiger partial charge in [-0.1, -0.05) is 76.3 Å². The number of cyclic esters (lactones) is 1. The first-order valence-electron chi connectivity index (χ1n) is 20.2. The summed E-state index contributed by atoms with van der Waals surface area (Å²) >= 11 is 0. The summed E-state index contributed by atoms with van der Waals surface area (Å²) in [4.78, 5) is 62.6. The molecule has 2 aliphatic carbocycles. The lowest BCUT2D eigenvalue weighted by Crippen LogP contribution is -2.60. The maximum absolute atomic E-state index is 14.8. The monoisotopic (exact) mass is 827 g/mol. The number of hydrogen-bond donors (Lipinski definition) is 3. The summed E-state index contributed by atoms with van der Waals surface area (Å²) in [5, 5.41) is 5.65. The van der Waals surface area contributed by atoms with Gasteiger partial charge in [0.15, 0.2) is 0 Å². The Morgan fingerprint density at radius 2 is 1.85 bits per heavy atom. The Bertz CT molecular complexity index is 2290. The smallest absolute Gasteiger partial charge is 0.407 e. The predicted octanol–water partition coefficient (Wildman–Crippen LogP) is 5.51. The quantitative estimate of drug-likeness (QED) is 0.245. The average Bonchev–Trinajstić information content (AvgIpc) is 4.13. The number of hydrogen-bond acceptors (Lipinski definition) is 10. The summed E-state index contributed by atoms with van der Waals surface area (Å²) in [5.74, 6) is -1.50. The van der Waals surface area contributed by atoms with Gasteiger partial charge in [-0.05, 0) is 49.5 Å². The van der Waals surface area contributed by atoms with Crippen LogP contribution < -0.4 is 24.8 Å². The zero-order valence-electron chi connectivity index (χ0n) is 34.2. The van der Waals surface area contributed by atoms with Gasteiger partial charge in [0.05, 0.1) is 36.7 Å². The number of carbonyl (C=O) groups is 4. The molecule has 3 fully saturated rings. The summed E-state index contributed by atoms with van der Waals surface area (Å²) in [5.41, 5.74) is 0.496. The van der Waals surface area contributed by atoms with E-state index in [1.807, 2.05) is 67.6 Å². The molecular weight excluding hydrogens is 775 g/mol. The maximum Gasteiger partial charge on any atom is 0.407 e. The van der Waals surface area contributed by atoms with Crippen LogP contribution in [-0.4, -0.2) is 91.4 Å². The number of amides is 4. The highest BCUT2D eigenvalue weighted by atomic mass is 32.2. The van der Waals surface area contributed by atoms with Crippen LogP contribution in [0.5, 0.6) is 11.5 Å². The van der Waals surface area contributed by atoms with E-state index in [4.69, 9.17) is 19.2 Å². The molecule has 0 spiro atoms.